The minimum absolute atomic E-state index is 0.0646. The Morgan fingerprint density at radius 2 is 1.87 bits per heavy atom. The van der Waals surface area contributed by atoms with Gasteiger partial charge in [-0.05, 0) is 29.7 Å². The van der Waals surface area contributed by atoms with Gasteiger partial charge in [0.05, 0.1) is 0 Å². The van der Waals surface area contributed by atoms with E-state index in [4.69, 9.17) is 5.73 Å². The molecule has 0 spiro atoms. The van der Waals surface area contributed by atoms with E-state index in [0.29, 0.717) is 15.6 Å². The molecule has 0 saturated carbocycles. The van der Waals surface area contributed by atoms with Crippen LogP contribution in [0.25, 0.3) is 0 Å². The number of primary amides is 1. The number of benzene rings is 2. The van der Waals surface area contributed by atoms with Gasteiger partial charge in [0.25, 0.3) is 0 Å². The van der Waals surface area contributed by atoms with E-state index in [2.05, 4.69) is 21.2 Å². The van der Waals surface area contributed by atoms with Gasteiger partial charge in [-0.2, -0.15) is 0 Å². The summed E-state index contributed by atoms with van der Waals surface area (Å²) in [6.45, 7) is 0. The molecular formula is C17H16BrFN2O2. The molecule has 0 radical (unpaired) electrons. The van der Waals surface area contributed by atoms with Gasteiger partial charge in [-0.25, -0.2) is 4.39 Å². The highest BCUT2D eigenvalue weighted by molar-refractivity contribution is 9.10. The van der Waals surface area contributed by atoms with Gasteiger partial charge in [0.15, 0.2) is 0 Å². The summed E-state index contributed by atoms with van der Waals surface area (Å²) < 4.78 is 14.4. The molecule has 120 valence electrons. The summed E-state index contributed by atoms with van der Waals surface area (Å²) >= 11 is 3.18. The molecule has 4 nitrogen and oxygen atoms in total. The zero-order valence-electron chi connectivity index (χ0n) is 12.3. The molecule has 0 heterocycles. The summed E-state index contributed by atoms with van der Waals surface area (Å²) in [5, 5.41) is 2.59. The molecule has 6 heteroatoms. The van der Waals surface area contributed by atoms with E-state index in [1.54, 1.807) is 42.5 Å². The first-order valence-electron chi connectivity index (χ1n) is 7.05. The smallest absolute Gasteiger partial charge is 0.244 e. The summed E-state index contributed by atoms with van der Waals surface area (Å²) in [5.41, 5.74) is 6.40. The van der Waals surface area contributed by atoms with Crippen LogP contribution in [0.2, 0.25) is 0 Å². The van der Waals surface area contributed by atoms with Gasteiger partial charge in [0, 0.05) is 10.9 Å². The van der Waals surface area contributed by atoms with Crippen LogP contribution in [0.5, 0.6) is 0 Å². The van der Waals surface area contributed by atoms with Crippen LogP contribution in [0.3, 0.4) is 0 Å². The first-order valence-corrected chi connectivity index (χ1v) is 7.84. The fraction of sp³-hybridized carbons (Fsp3) is 0.176. The van der Waals surface area contributed by atoms with Gasteiger partial charge in [0.2, 0.25) is 11.8 Å². The number of carbonyl (C=O) groups is 2. The van der Waals surface area contributed by atoms with Crippen molar-refractivity contribution in [3.63, 3.8) is 0 Å². The predicted octanol–water partition coefficient (Wildman–Crippen LogP) is 2.86. The molecule has 2 aromatic rings. The Bertz CT molecular complexity index is 707. The molecule has 0 fully saturated rings. The van der Waals surface area contributed by atoms with Crippen LogP contribution in [0.15, 0.2) is 53.0 Å². The lowest BCUT2D eigenvalue weighted by atomic mass is 10.1. The van der Waals surface area contributed by atoms with Crippen LogP contribution in [-0.2, 0) is 16.0 Å². The number of aryl methyl sites for hydroxylation is 1. The van der Waals surface area contributed by atoms with Crippen LogP contribution in [-0.4, -0.2) is 11.8 Å². The van der Waals surface area contributed by atoms with Crippen molar-refractivity contribution in [3.8, 4) is 0 Å². The summed E-state index contributed by atoms with van der Waals surface area (Å²) in [7, 11) is 0. The third-order valence-corrected chi connectivity index (χ3v) is 3.85. The number of hydrogen-bond donors (Lipinski definition) is 2. The van der Waals surface area contributed by atoms with Crippen LogP contribution in [0, 0.1) is 5.82 Å². The molecule has 23 heavy (non-hydrogen) atoms. The Kier molecular flexibility index (Phi) is 5.87. The molecule has 3 N–H and O–H groups in total. The summed E-state index contributed by atoms with van der Waals surface area (Å²) in [6, 6.07) is 12.5. The molecule has 0 bridgehead atoms. The van der Waals surface area contributed by atoms with Gasteiger partial charge >= 0.3 is 0 Å². The van der Waals surface area contributed by atoms with Crippen molar-refractivity contribution < 1.29 is 14.0 Å². The monoisotopic (exact) mass is 378 g/mol. The largest absolute Gasteiger partial charge is 0.368 e. The van der Waals surface area contributed by atoms with Crippen molar-refractivity contribution in [2.45, 2.75) is 18.9 Å². The van der Waals surface area contributed by atoms with E-state index in [-0.39, 0.29) is 24.6 Å². The Hall–Kier alpha value is -2.21. The minimum atomic E-state index is -0.890. The van der Waals surface area contributed by atoms with Crippen molar-refractivity contribution >= 4 is 27.7 Å². The number of nitrogens with two attached hydrogens (primary N) is 1. The lowest BCUT2D eigenvalue weighted by Crippen LogP contribution is -2.37. The normalized spacial score (nSPS) is 11.7. The van der Waals surface area contributed by atoms with Crippen molar-refractivity contribution in [3.05, 3.63) is 69.9 Å². The average molecular weight is 379 g/mol. The topological polar surface area (TPSA) is 72.2 Å². The van der Waals surface area contributed by atoms with Crippen LogP contribution in [0.1, 0.15) is 23.6 Å². The van der Waals surface area contributed by atoms with E-state index in [1.807, 2.05) is 0 Å². The number of halogens is 2. The second-order valence-corrected chi connectivity index (χ2v) is 5.96. The van der Waals surface area contributed by atoms with Gasteiger partial charge in [-0.3, -0.25) is 9.59 Å². The van der Waals surface area contributed by atoms with E-state index >= 15 is 0 Å². The molecule has 0 aliphatic heterocycles. The van der Waals surface area contributed by atoms with E-state index < -0.39 is 11.9 Å². The third kappa shape index (κ3) is 4.89. The predicted molar refractivity (Wildman–Crippen MR) is 88.9 cm³/mol. The summed E-state index contributed by atoms with van der Waals surface area (Å²) in [5.74, 6) is -1.37. The van der Waals surface area contributed by atoms with Gasteiger partial charge in [-0.15, -0.1) is 0 Å². The first kappa shape index (κ1) is 17.1. The van der Waals surface area contributed by atoms with Crippen LogP contribution in [0.4, 0.5) is 4.39 Å². The van der Waals surface area contributed by atoms with E-state index in [0.717, 1.165) is 0 Å². The third-order valence-electron chi connectivity index (χ3n) is 3.36. The molecular weight excluding hydrogens is 363 g/mol. The van der Waals surface area contributed by atoms with Crippen molar-refractivity contribution in [1.29, 1.82) is 0 Å². The molecule has 0 aliphatic rings. The van der Waals surface area contributed by atoms with E-state index in [1.165, 1.54) is 6.07 Å². The molecule has 0 aliphatic carbocycles. The molecule has 1 atom stereocenters. The number of rotatable bonds is 6. The number of amides is 2. The fourth-order valence-electron chi connectivity index (χ4n) is 2.17. The second kappa shape index (κ2) is 7.87. The van der Waals surface area contributed by atoms with Crippen molar-refractivity contribution in [2.75, 3.05) is 0 Å². The SMILES string of the molecule is NC(=O)[C@@H](NC(=O)CCc1ccc(Br)cc1F)c1ccccc1. The number of nitrogens with one attached hydrogen (secondary N) is 1. The second-order valence-electron chi connectivity index (χ2n) is 5.05. The first-order chi connectivity index (χ1) is 11.0. The lowest BCUT2D eigenvalue weighted by Gasteiger charge is -2.16. The molecule has 2 amide bonds. The molecule has 0 aromatic heterocycles. The Morgan fingerprint density at radius 1 is 1.17 bits per heavy atom. The highest BCUT2D eigenvalue weighted by Gasteiger charge is 2.19. The van der Waals surface area contributed by atoms with Gasteiger partial charge in [0.1, 0.15) is 11.9 Å². The van der Waals surface area contributed by atoms with E-state index in [9.17, 15) is 14.0 Å². The van der Waals surface area contributed by atoms with Crippen molar-refractivity contribution in [1.82, 2.24) is 5.32 Å². The minimum Gasteiger partial charge on any atom is -0.368 e. The van der Waals surface area contributed by atoms with Crippen LogP contribution < -0.4 is 11.1 Å². The highest BCUT2D eigenvalue weighted by atomic mass is 79.9. The molecule has 0 saturated heterocycles. The highest BCUT2D eigenvalue weighted by Crippen LogP contribution is 2.17. The standard InChI is InChI=1S/C17H16BrFN2O2/c18-13-8-6-11(14(19)10-13)7-9-15(22)21-16(17(20)23)12-4-2-1-3-5-12/h1-6,8,10,16H,7,9H2,(H2,20,23)(H,21,22)/t16-/m0/s1. The zero-order chi connectivity index (χ0) is 16.8. The maximum Gasteiger partial charge on any atom is 0.244 e. The number of hydrogen-bond acceptors (Lipinski definition) is 2. The Balaban J connectivity index is 1.98. The summed E-state index contributed by atoms with van der Waals surface area (Å²) in [4.78, 5) is 23.6. The quantitative estimate of drug-likeness (QED) is 0.810. The molecule has 0 unspecified atom stereocenters. The molecule has 2 rings (SSSR count). The maximum atomic E-state index is 13.7. The maximum absolute atomic E-state index is 13.7. The van der Waals surface area contributed by atoms with Gasteiger partial charge < -0.3 is 11.1 Å². The van der Waals surface area contributed by atoms with Crippen molar-refractivity contribution in [2.24, 2.45) is 5.73 Å². The lowest BCUT2D eigenvalue weighted by molar-refractivity contribution is -0.127. The molecule has 2 aromatic carbocycles. The fourth-order valence-corrected chi connectivity index (χ4v) is 2.50. The number of carbonyl (C=O) groups excluding carboxylic acids is 2. The Labute approximate surface area is 142 Å². The Morgan fingerprint density at radius 3 is 2.48 bits per heavy atom. The van der Waals surface area contributed by atoms with Gasteiger partial charge in [-0.1, -0.05) is 52.3 Å². The average Bonchev–Trinajstić information content (AvgIpc) is 2.52. The van der Waals surface area contributed by atoms with Crippen LogP contribution >= 0.6 is 15.9 Å². The zero-order valence-corrected chi connectivity index (χ0v) is 13.8. The summed E-state index contributed by atoms with van der Waals surface area (Å²) in [6.07, 6.45) is 0.306.